The van der Waals surface area contributed by atoms with Gasteiger partial charge in [0.2, 0.25) is 11.8 Å². The predicted octanol–water partition coefficient (Wildman–Crippen LogP) is 1.21. The molecule has 1 aromatic heterocycles. The highest BCUT2D eigenvalue weighted by Crippen LogP contribution is 2.12. The van der Waals surface area contributed by atoms with E-state index in [2.05, 4.69) is 10.6 Å². The van der Waals surface area contributed by atoms with E-state index in [9.17, 15) is 14.4 Å². The third-order valence-electron chi connectivity index (χ3n) is 3.11. The van der Waals surface area contributed by atoms with Crippen molar-refractivity contribution in [2.75, 3.05) is 6.54 Å². The second kappa shape index (κ2) is 8.09. The lowest BCUT2D eigenvalue weighted by molar-refractivity contribution is -0.127. The van der Waals surface area contributed by atoms with E-state index in [0.29, 0.717) is 10.4 Å². The molecule has 1 aromatic carbocycles. The van der Waals surface area contributed by atoms with Crippen molar-refractivity contribution >= 4 is 29.1 Å². The Bertz CT molecular complexity index is 671. The molecule has 0 fully saturated rings. The van der Waals surface area contributed by atoms with Gasteiger partial charge in [-0.2, -0.15) is 0 Å². The molecule has 1 atom stereocenters. The van der Waals surface area contributed by atoms with Crippen LogP contribution >= 0.6 is 11.3 Å². The quantitative estimate of drug-likeness (QED) is 0.711. The summed E-state index contributed by atoms with van der Waals surface area (Å²) >= 11 is 1.33. The van der Waals surface area contributed by atoms with E-state index in [1.165, 1.54) is 11.3 Å². The standard InChI is InChI=1S/C16H17N3O3S/c17-15(21)14(11-5-2-1-3-6-11)19-13(20)8-9-18-16(22)12-7-4-10-23-12/h1-7,10,14H,8-9H2,(H2,17,21)(H,18,22)(H,19,20). The molecule has 0 saturated heterocycles. The average molecular weight is 331 g/mol. The molecule has 4 N–H and O–H groups in total. The SMILES string of the molecule is NC(=O)C(NC(=O)CCNC(=O)c1cccs1)c1ccccc1. The van der Waals surface area contributed by atoms with Gasteiger partial charge in [0, 0.05) is 13.0 Å². The smallest absolute Gasteiger partial charge is 0.261 e. The van der Waals surface area contributed by atoms with Crippen LogP contribution in [0.15, 0.2) is 47.8 Å². The Morgan fingerprint density at radius 2 is 1.83 bits per heavy atom. The fraction of sp³-hybridized carbons (Fsp3) is 0.188. The number of rotatable bonds is 7. The highest BCUT2D eigenvalue weighted by molar-refractivity contribution is 7.12. The van der Waals surface area contributed by atoms with Crippen LogP contribution in [0.4, 0.5) is 0 Å². The lowest BCUT2D eigenvalue weighted by Crippen LogP contribution is -2.38. The van der Waals surface area contributed by atoms with E-state index in [-0.39, 0.29) is 24.8 Å². The van der Waals surface area contributed by atoms with E-state index < -0.39 is 11.9 Å². The molecule has 3 amide bonds. The predicted molar refractivity (Wildman–Crippen MR) is 87.8 cm³/mol. The van der Waals surface area contributed by atoms with E-state index in [1.807, 2.05) is 6.07 Å². The number of thiophene rings is 1. The first-order chi connectivity index (χ1) is 11.1. The second-order valence-electron chi connectivity index (χ2n) is 4.80. The van der Waals surface area contributed by atoms with Gasteiger partial charge in [0.1, 0.15) is 6.04 Å². The zero-order chi connectivity index (χ0) is 16.7. The Balaban J connectivity index is 1.83. The molecular formula is C16H17N3O3S. The molecule has 0 aliphatic heterocycles. The lowest BCUT2D eigenvalue weighted by atomic mass is 10.1. The van der Waals surface area contributed by atoms with Crippen molar-refractivity contribution < 1.29 is 14.4 Å². The molecule has 0 aliphatic rings. The number of hydrogen-bond acceptors (Lipinski definition) is 4. The topological polar surface area (TPSA) is 101 Å². The summed E-state index contributed by atoms with van der Waals surface area (Å²) in [5, 5.41) is 7.04. The maximum atomic E-state index is 11.9. The zero-order valence-electron chi connectivity index (χ0n) is 12.3. The monoisotopic (exact) mass is 331 g/mol. The summed E-state index contributed by atoms with van der Waals surface area (Å²) in [5.74, 6) is -1.21. The molecule has 7 heteroatoms. The molecule has 0 radical (unpaired) electrons. The van der Waals surface area contributed by atoms with Gasteiger partial charge in [0.25, 0.3) is 5.91 Å². The van der Waals surface area contributed by atoms with Crippen LogP contribution in [-0.4, -0.2) is 24.3 Å². The fourth-order valence-corrected chi connectivity index (χ4v) is 2.62. The number of nitrogens with two attached hydrogens (primary N) is 1. The number of benzene rings is 1. The Morgan fingerprint density at radius 3 is 2.43 bits per heavy atom. The Labute approximate surface area is 137 Å². The van der Waals surface area contributed by atoms with Crippen molar-refractivity contribution in [3.05, 3.63) is 58.3 Å². The number of amides is 3. The first-order valence-electron chi connectivity index (χ1n) is 7.03. The van der Waals surface area contributed by atoms with Crippen molar-refractivity contribution in [1.82, 2.24) is 10.6 Å². The van der Waals surface area contributed by atoms with Gasteiger partial charge in [0.15, 0.2) is 0 Å². The fourth-order valence-electron chi connectivity index (χ4n) is 1.98. The molecule has 2 aromatic rings. The number of hydrogen-bond donors (Lipinski definition) is 3. The van der Waals surface area contributed by atoms with Gasteiger partial charge in [0.05, 0.1) is 4.88 Å². The van der Waals surface area contributed by atoms with E-state index in [4.69, 9.17) is 5.73 Å². The number of nitrogens with one attached hydrogen (secondary N) is 2. The second-order valence-corrected chi connectivity index (χ2v) is 5.74. The summed E-state index contributed by atoms with van der Waals surface area (Å²) in [4.78, 5) is 35.8. The van der Waals surface area contributed by atoms with Crippen LogP contribution in [0.2, 0.25) is 0 Å². The number of carbonyl (C=O) groups is 3. The van der Waals surface area contributed by atoms with Crippen LogP contribution in [0.1, 0.15) is 27.7 Å². The molecule has 6 nitrogen and oxygen atoms in total. The van der Waals surface area contributed by atoms with Crippen LogP contribution < -0.4 is 16.4 Å². The first kappa shape index (κ1) is 16.7. The van der Waals surface area contributed by atoms with Crippen LogP contribution in [-0.2, 0) is 9.59 Å². The van der Waals surface area contributed by atoms with Gasteiger partial charge >= 0.3 is 0 Å². The normalized spacial score (nSPS) is 11.5. The Morgan fingerprint density at radius 1 is 1.09 bits per heavy atom. The van der Waals surface area contributed by atoms with Crippen molar-refractivity contribution in [3.63, 3.8) is 0 Å². The van der Waals surface area contributed by atoms with Crippen molar-refractivity contribution in [1.29, 1.82) is 0 Å². The number of primary amides is 1. The van der Waals surface area contributed by atoms with Crippen molar-refractivity contribution in [2.24, 2.45) is 5.73 Å². The van der Waals surface area contributed by atoms with Gasteiger partial charge in [-0.15, -0.1) is 11.3 Å². The Kier molecular flexibility index (Phi) is 5.87. The molecule has 0 spiro atoms. The molecule has 1 heterocycles. The summed E-state index contributed by atoms with van der Waals surface area (Å²) in [6.45, 7) is 0.183. The molecule has 2 rings (SSSR count). The average Bonchev–Trinajstić information content (AvgIpc) is 3.07. The minimum Gasteiger partial charge on any atom is -0.368 e. The van der Waals surface area contributed by atoms with Crippen LogP contribution in [0, 0.1) is 0 Å². The third kappa shape index (κ3) is 4.93. The minimum atomic E-state index is -0.878. The zero-order valence-corrected chi connectivity index (χ0v) is 13.1. The molecule has 0 bridgehead atoms. The number of carbonyl (C=O) groups excluding carboxylic acids is 3. The van der Waals surface area contributed by atoms with Gasteiger partial charge in [-0.1, -0.05) is 36.4 Å². The molecular weight excluding hydrogens is 314 g/mol. The van der Waals surface area contributed by atoms with E-state index in [1.54, 1.807) is 41.8 Å². The molecule has 120 valence electrons. The van der Waals surface area contributed by atoms with E-state index in [0.717, 1.165) is 0 Å². The lowest BCUT2D eigenvalue weighted by Gasteiger charge is -2.15. The van der Waals surface area contributed by atoms with Crippen molar-refractivity contribution in [2.45, 2.75) is 12.5 Å². The Hall–Kier alpha value is -2.67. The maximum absolute atomic E-state index is 11.9. The minimum absolute atomic E-state index is 0.0632. The molecule has 23 heavy (non-hydrogen) atoms. The van der Waals surface area contributed by atoms with Crippen LogP contribution in [0.25, 0.3) is 0 Å². The summed E-state index contributed by atoms with van der Waals surface area (Å²) in [6.07, 6.45) is 0.0632. The molecule has 0 aliphatic carbocycles. The van der Waals surface area contributed by atoms with E-state index >= 15 is 0 Å². The van der Waals surface area contributed by atoms with Crippen LogP contribution in [0.3, 0.4) is 0 Å². The highest BCUT2D eigenvalue weighted by atomic mass is 32.1. The maximum Gasteiger partial charge on any atom is 0.261 e. The van der Waals surface area contributed by atoms with Gasteiger partial charge in [-0.3, -0.25) is 14.4 Å². The molecule has 1 unspecified atom stereocenters. The summed E-state index contributed by atoms with van der Waals surface area (Å²) in [7, 11) is 0. The summed E-state index contributed by atoms with van der Waals surface area (Å²) in [6, 6.07) is 11.4. The van der Waals surface area contributed by atoms with Crippen molar-refractivity contribution in [3.8, 4) is 0 Å². The molecule has 0 saturated carbocycles. The largest absolute Gasteiger partial charge is 0.368 e. The third-order valence-corrected chi connectivity index (χ3v) is 3.97. The first-order valence-corrected chi connectivity index (χ1v) is 7.91. The van der Waals surface area contributed by atoms with Crippen LogP contribution in [0.5, 0.6) is 0 Å². The van der Waals surface area contributed by atoms with Gasteiger partial charge < -0.3 is 16.4 Å². The summed E-state index contributed by atoms with van der Waals surface area (Å²) < 4.78 is 0. The highest BCUT2D eigenvalue weighted by Gasteiger charge is 2.19. The van der Waals surface area contributed by atoms with Gasteiger partial charge in [-0.25, -0.2) is 0 Å². The van der Waals surface area contributed by atoms with Gasteiger partial charge in [-0.05, 0) is 17.0 Å². The summed E-state index contributed by atoms with van der Waals surface area (Å²) in [5.41, 5.74) is 5.96.